The van der Waals surface area contributed by atoms with Crippen LogP contribution in [0, 0.1) is 0 Å². The van der Waals surface area contributed by atoms with Crippen molar-refractivity contribution in [3.63, 3.8) is 0 Å². The van der Waals surface area contributed by atoms with Crippen molar-refractivity contribution in [2.45, 2.75) is 19.6 Å². The topological polar surface area (TPSA) is 43.2 Å². The van der Waals surface area contributed by atoms with E-state index in [1.807, 2.05) is 30.6 Å². The summed E-state index contributed by atoms with van der Waals surface area (Å²) in [4.78, 5) is 11.0. The molecule has 5 nitrogen and oxygen atoms in total. The fraction of sp³-hybridized carbons (Fsp3) is 0.263. The second kappa shape index (κ2) is 7.75. The Balaban J connectivity index is 1.67. The first kappa shape index (κ1) is 16.2. The maximum absolute atomic E-state index is 5.33. The largest absolute Gasteiger partial charge is 0.481 e. The first-order chi connectivity index (χ1) is 11.8. The van der Waals surface area contributed by atoms with Crippen LogP contribution in [0.4, 0.5) is 0 Å². The lowest BCUT2D eigenvalue weighted by Crippen LogP contribution is -2.20. The van der Waals surface area contributed by atoms with E-state index in [9.17, 15) is 0 Å². The Morgan fingerprint density at radius 1 is 1.00 bits per heavy atom. The standard InChI is InChI=1S/C19H22N4O/c1-22(14-17-9-6-10-21-19(17)24-2)15-18-20-11-12-23(18)13-16-7-4-3-5-8-16/h3-12H,13-15H2,1-2H3. The summed E-state index contributed by atoms with van der Waals surface area (Å²) in [5.74, 6) is 1.72. The lowest BCUT2D eigenvalue weighted by Gasteiger charge is -2.18. The molecule has 0 N–H and O–H groups in total. The Labute approximate surface area is 142 Å². The van der Waals surface area contributed by atoms with Crippen molar-refractivity contribution in [1.29, 1.82) is 0 Å². The zero-order chi connectivity index (χ0) is 16.8. The van der Waals surface area contributed by atoms with Gasteiger partial charge in [-0.2, -0.15) is 0 Å². The van der Waals surface area contributed by atoms with Gasteiger partial charge in [0.1, 0.15) is 5.82 Å². The molecule has 0 unspecified atom stereocenters. The fourth-order valence-corrected chi connectivity index (χ4v) is 2.73. The average Bonchev–Trinajstić information content (AvgIpc) is 3.03. The SMILES string of the molecule is COc1ncccc1CN(C)Cc1nccn1Cc1ccccc1. The van der Waals surface area contributed by atoms with E-state index >= 15 is 0 Å². The molecule has 124 valence electrons. The van der Waals surface area contributed by atoms with Gasteiger partial charge in [0.2, 0.25) is 5.88 Å². The Kier molecular flexibility index (Phi) is 5.23. The molecule has 5 heteroatoms. The first-order valence-electron chi connectivity index (χ1n) is 7.96. The molecule has 24 heavy (non-hydrogen) atoms. The van der Waals surface area contributed by atoms with Crippen LogP contribution in [0.3, 0.4) is 0 Å². The summed E-state index contributed by atoms with van der Waals surface area (Å²) in [5, 5.41) is 0. The van der Waals surface area contributed by atoms with Gasteiger partial charge in [0.05, 0.1) is 13.7 Å². The van der Waals surface area contributed by atoms with E-state index in [0.717, 1.165) is 31.0 Å². The highest BCUT2D eigenvalue weighted by Crippen LogP contribution is 2.16. The molecular weight excluding hydrogens is 300 g/mol. The van der Waals surface area contributed by atoms with Crippen LogP contribution in [0.15, 0.2) is 61.1 Å². The maximum atomic E-state index is 5.33. The fourth-order valence-electron chi connectivity index (χ4n) is 2.73. The van der Waals surface area contributed by atoms with Crippen LogP contribution in [0.1, 0.15) is 17.0 Å². The predicted molar refractivity (Wildman–Crippen MR) is 93.7 cm³/mol. The third kappa shape index (κ3) is 4.00. The minimum absolute atomic E-state index is 0.678. The molecule has 3 aromatic rings. The molecule has 0 aliphatic carbocycles. The van der Waals surface area contributed by atoms with Gasteiger partial charge in [0, 0.05) is 37.2 Å². The summed E-state index contributed by atoms with van der Waals surface area (Å²) in [6.07, 6.45) is 5.63. The normalized spacial score (nSPS) is 11.0. The second-order valence-corrected chi connectivity index (χ2v) is 5.80. The van der Waals surface area contributed by atoms with Crippen molar-refractivity contribution in [3.8, 4) is 5.88 Å². The van der Waals surface area contributed by atoms with Crippen molar-refractivity contribution >= 4 is 0 Å². The van der Waals surface area contributed by atoms with Gasteiger partial charge in [-0.05, 0) is 18.7 Å². The number of aromatic nitrogens is 3. The van der Waals surface area contributed by atoms with Crippen LogP contribution in [0.5, 0.6) is 5.88 Å². The third-order valence-electron chi connectivity index (χ3n) is 3.89. The Bertz CT molecular complexity index is 770. The Morgan fingerprint density at radius 3 is 2.62 bits per heavy atom. The quantitative estimate of drug-likeness (QED) is 0.671. The van der Waals surface area contributed by atoms with Gasteiger partial charge in [-0.15, -0.1) is 0 Å². The van der Waals surface area contributed by atoms with Gasteiger partial charge in [-0.1, -0.05) is 36.4 Å². The van der Waals surface area contributed by atoms with Crippen LogP contribution in [-0.4, -0.2) is 33.6 Å². The summed E-state index contributed by atoms with van der Waals surface area (Å²) in [5.41, 5.74) is 2.34. The first-order valence-corrected chi connectivity index (χ1v) is 7.96. The van der Waals surface area contributed by atoms with Crippen LogP contribution < -0.4 is 4.74 Å². The minimum atomic E-state index is 0.678. The zero-order valence-corrected chi connectivity index (χ0v) is 14.1. The molecule has 0 aliphatic heterocycles. The van der Waals surface area contributed by atoms with Crippen LogP contribution in [0.25, 0.3) is 0 Å². The van der Waals surface area contributed by atoms with E-state index in [0.29, 0.717) is 5.88 Å². The van der Waals surface area contributed by atoms with Crippen molar-refractivity contribution in [2.24, 2.45) is 0 Å². The minimum Gasteiger partial charge on any atom is -0.481 e. The van der Waals surface area contributed by atoms with E-state index in [1.54, 1.807) is 13.3 Å². The summed E-state index contributed by atoms with van der Waals surface area (Å²) in [6.45, 7) is 2.35. The van der Waals surface area contributed by atoms with Crippen LogP contribution >= 0.6 is 0 Å². The number of ether oxygens (including phenoxy) is 1. The van der Waals surface area contributed by atoms with Gasteiger partial charge >= 0.3 is 0 Å². The Hall–Kier alpha value is -2.66. The molecule has 0 amide bonds. The number of imidazole rings is 1. The van der Waals surface area contributed by atoms with Gasteiger partial charge < -0.3 is 9.30 Å². The maximum Gasteiger partial charge on any atom is 0.217 e. The molecule has 0 bridgehead atoms. The third-order valence-corrected chi connectivity index (χ3v) is 3.89. The molecule has 2 heterocycles. The molecule has 0 saturated heterocycles. The number of hydrogen-bond acceptors (Lipinski definition) is 4. The summed E-state index contributed by atoms with van der Waals surface area (Å²) >= 11 is 0. The molecule has 0 spiro atoms. The molecule has 2 aromatic heterocycles. The molecule has 3 rings (SSSR count). The number of pyridine rings is 1. The highest BCUT2D eigenvalue weighted by molar-refractivity contribution is 5.25. The van der Waals surface area contributed by atoms with Gasteiger partial charge in [-0.25, -0.2) is 9.97 Å². The summed E-state index contributed by atoms with van der Waals surface area (Å²) in [7, 11) is 3.73. The monoisotopic (exact) mass is 322 g/mol. The molecule has 0 saturated carbocycles. The van der Waals surface area contributed by atoms with Crippen molar-refractivity contribution in [3.05, 3.63) is 78.0 Å². The van der Waals surface area contributed by atoms with E-state index in [2.05, 4.69) is 50.7 Å². The van der Waals surface area contributed by atoms with Gasteiger partial charge in [0.15, 0.2) is 0 Å². The van der Waals surface area contributed by atoms with E-state index in [4.69, 9.17) is 4.74 Å². The number of methoxy groups -OCH3 is 1. The van der Waals surface area contributed by atoms with Crippen LogP contribution in [-0.2, 0) is 19.6 Å². The molecule has 1 aromatic carbocycles. The zero-order valence-electron chi connectivity index (χ0n) is 14.1. The summed E-state index contributed by atoms with van der Waals surface area (Å²) < 4.78 is 7.51. The molecule has 0 radical (unpaired) electrons. The predicted octanol–water partition coefficient (Wildman–Crippen LogP) is 2.97. The molecule has 0 atom stereocenters. The molecule has 0 fully saturated rings. The number of nitrogens with zero attached hydrogens (tertiary/aromatic N) is 4. The van der Waals surface area contributed by atoms with E-state index in [1.165, 1.54) is 5.56 Å². The smallest absolute Gasteiger partial charge is 0.217 e. The van der Waals surface area contributed by atoms with E-state index in [-0.39, 0.29) is 0 Å². The highest BCUT2D eigenvalue weighted by Gasteiger charge is 2.10. The second-order valence-electron chi connectivity index (χ2n) is 5.80. The van der Waals surface area contributed by atoms with Gasteiger partial charge in [0.25, 0.3) is 0 Å². The van der Waals surface area contributed by atoms with Crippen molar-refractivity contribution in [1.82, 2.24) is 19.4 Å². The number of rotatable bonds is 7. The molecular formula is C19H22N4O. The number of hydrogen-bond donors (Lipinski definition) is 0. The molecule has 0 aliphatic rings. The van der Waals surface area contributed by atoms with E-state index < -0.39 is 0 Å². The van der Waals surface area contributed by atoms with Crippen molar-refractivity contribution in [2.75, 3.05) is 14.2 Å². The highest BCUT2D eigenvalue weighted by atomic mass is 16.5. The lowest BCUT2D eigenvalue weighted by atomic mass is 10.2. The average molecular weight is 322 g/mol. The number of benzene rings is 1. The van der Waals surface area contributed by atoms with Crippen LogP contribution in [0.2, 0.25) is 0 Å². The van der Waals surface area contributed by atoms with Crippen molar-refractivity contribution < 1.29 is 4.74 Å². The summed E-state index contributed by atoms with van der Waals surface area (Å²) in [6, 6.07) is 14.4. The van der Waals surface area contributed by atoms with Gasteiger partial charge in [-0.3, -0.25) is 4.90 Å². The lowest BCUT2D eigenvalue weighted by molar-refractivity contribution is 0.296. The Morgan fingerprint density at radius 2 is 1.83 bits per heavy atom.